The third kappa shape index (κ3) is 3.73. The zero-order valence-electron chi connectivity index (χ0n) is 11.4. The van der Waals surface area contributed by atoms with Crippen molar-refractivity contribution in [2.45, 2.75) is 19.4 Å². The third-order valence-corrected chi connectivity index (χ3v) is 3.43. The fourth-order valence-electron chi connectivity index (χ4n) is 2.12. The summed E-state index contributed by atoms with van der Waals surface area (Å²) in [5.74, 6) is -2.03. The molecule has 0 aromatic heterocycles. The van der Waals surface area contributed by atoms with Crippen LogP contribution in [0.3, 0.4) is 0 Å². The summed E-state index contributed by atoms with van der Waals surface area (Å²) in [4.78, 5) is 11.0. The SMILES string of the molecule is CCC(Nc1ccc(F)c(C(=O)O)c1)c1cccc(Cl)c1. The maximum Gasteiger partial charge on any atom is 0.338 e. The molecule has 2 aromatic rings. The van der Waals surface area contributed by atoms with Gasteiger partial charge in [-0.3, -0.25) is 0 Å². The first-order valence-corrected chi connectivity index (χ1v) is 6.94. The molecule has 2 N–H and O–H groups in total. The number of aromatic carboxylic acids is 1. The molecular weight excluding hydrogens is 293 g/mol. The van der Waals surface area contributed by atoms with Gasteiger partial charge in [-0.15, -0.1) is 0 Å². The average molecular weight is 308 g/mol. The maximum atomic E-state index is 13.4. The van der Waals surface area contributed by atoms with Crippen molar-refractivity contribution in [1.29, 1.82) is 0 Å². The van der Waals surface area contributed by atoms with Crippen molar-refractivity contribution in [2.75, 3.05) is 5.32 Å². The van der Waals surface area contributed by atoms with Gasteiger partial charge in [-0.1, -0.05) is 30.7 Å². The highest BCUT2D eigenvalue weighted by Gasteiger charge is 2.14. The summed E-state index contributed by atoms with van der Waals surface area (Å²) in [5, 5.41) is 12.8. The molecule has 1 unspecified atom stereocenters. The van der Waals surface area contributed by atoms with Gasteiger partial charge >= 0.3 is 5.97 Å². The third-order valence-electron chi connectivity index (χ3n) is 3.20. The molecule has 2 aromatic carbocycles. The Labute approximate surface area is 127 Å². The van der Waals surface area contributed by atoms with Crippen molar-refractivity contribution in [3.8, 4) is 0 Å². The van der Waals surface area contributed by atoms with Crippen molar-refractivity contribution in [2.24, 2.45) is 0 Å². The smallest absolute Gasteiger partial charge is 0.338 e. The van der Waals surface area contributed by atoms with E-state index in [4.69, 9.17) is 16.7 Å². The molecule has 0 bridgehead atoms. The molecule has 0 heterocycles. The van der Waals surface area contributed by atoms with Crippen LogP contribution in [-0.2, 0) is 0 Å². The van der Waals surface area contributed by atoms with Crippen LogP contribution in [0.4, 0.5) is 10.1 Å². The first-order valence-electron chi connectivity index (χ1n) is 6.56. The number of anilines is 1. The standard InChI is InChI=1S/C16H15ClFNO2/c1-2-15(10-4-3-5-11(17)8-10)19-12-6-7-14(18)13(9-12)16(20)21/h3-9,15,19H,2H2,1H3,(H,20,21). The topological polar surface area (TPSA) is 49.3 Å². The van der Waals surface area contributed by atoms with Crippen molar-refractivity contribution >= 4 is 23.3 Å². The van der Waals surface area contributed by atoms with E-state index in [1.54, 1.807) is 6.07 Å². The van der Waals surface area contributed by atoms with Crippen molar-refractivity contribution < 1.29 is 14.3 Å². The van der Waals surface area contributed by atoms with E-state index in [0.717, 1.165) is 18.1 Å². The number of benzene rings is 2. The van der Waals surface area contributed by atoms with E-state index in [9.17, 15) is 9.18 Å². The monoisotopic (exact) mass is 307 g/mol. The van der Waals surface area contributed by atoms with Crippen LogP contribution >= 0.6 is 11.6 Å². The molecular formula is C16H15ClFNO2. The number of rotatable bonds is 5. The molecule has 21 heavy (non-hydrogen) atoms. The Balaban J connectivity index is 2.27. The summed E-state index contributed by atoms with van der Waals surface area (Å²) in [6.07, 6.45) is 0.778. The molecule has 0 aliphatic rings. The fraction of sp³-hybridized carbons (Fsp3) is 0.188. The second kappa shape index (κ2) is 6.59. The van der Waals surface area contributed by atoms with Crippen LogP contribution in [0.2, 0.25) is 5.02 Å². The summed E-state index contributed by atoms with van der Waals surface area (Å²) in [5.41, 5.74) is 1.20. The highest BCUT2D eigenvalue weighted by atomic mass is 35.5. The lowest BCUT2D eigenvalue weighted by atomic mass is 10.0. The zero-order valence-corrected chi connectivity index (χ0v) is 12.2. The molecule has 3 nitrogen and oxygen atoms in total. The van der Waals surface area contributed by atoms with Crippen molar-refractivity contribution in [3.63, 3.8) is 0 Å². The second-order valence-electron chi connectivity index (χ2n) is 4.66. The predicted molar refractivity (Wildman–Crippen MR) is 81.5 cm³/mol. The maximum absolute atomic E-state index is 13.4. The zero-order chi connectivity index (χ0) is 15.4. The minimum atomic E-state index is -1.29. The van der Waals surface area contributed by atoms with Crippen LogP contribution in [-0.4, -0.2) is 11.1 Å². The minimum absolute atomic E-state index is 0.0317. The Kier molecular flexibility index (Phi) is 4.81. The molecule has 0 amide bonds. The largest absolute Gasteiger partial charge is 0.478 e. The van der Waals surface area contributed by atoms with Gasteiger partial charge in [0.2, 0.25) is 0 Å². The van der Waals surface area contributed by atoms with Crippen LogP contribution in [0.5, 0.6) is 0 Å². The van der Waals surface area contributed by atoms with E-state index in [2.05, 4.69) is 5.32 Å². The molecule has 0 radical (unpaired) electrons. The first-order chi connectivity index (χ1) is 10.0. The molecule has 0 spiro atoms. The lowest BCUT2D eigenvalue weighted by Gasteiger charge is -2.19. The van der Waals surface area contributed by atoms with Gasteiger partial charge in [-0.25, -0.2) is 9.18 Å². The van der Waals surface area contributed by atoms with Crippen molar-refractivity contribution in [1.82, 2.24) is 0 Å². The van der Waals surface area contributed by atoms with E-state index >= 15 is 0 Å². The van der Waals surface area contributed by atoms with E-state index in [1.807, 2.05) is 25.1 Å². The Hall–Kier alpha value is -2.07. The highest BCUT2D eigenvalue weighted by Crippen LogP contribution is 2.25. The van der Waals surface area contributed by atoms with Crippen LogP contribution in [0, 0.1) is 5.82 Å². The Morgan fingerprint density at radius 2 is 2.10 bits per heavy atom. The molecule has 0 fully saturated rings. The predicted octanol–water partition coefficient (Wildman–Crippen LogP) is 4.74. The number of halogens is 2. The summed E-state index contributed by atoms with van der Waals surface area (Å²) >= 11 is 5.98. The lowest BCUT2D eigenvalue weighted by molar-refractivity contribution is 0.0692. The van der Waals surface area contributed by atoms with Gasteiger partial charge in [-0.2, -0.15) is 0 Å². The normalized spacial score (nSPS) is 12.0. The second-order valence-corrected chi connectivity index (χ2v) is 5.10. The van der Waals surface area contributed by atoms with Crippen LogP contribution in [0.1, 0.15) is 35.3 Å². The minimum Gasteiger partial charge on any atom is -0.478 e. The lowest BCUT2D eigenvalue weighted by Crippen LogP contribution is -2.11. The average Bonchev–Trinajstić information content (AvgIpc) is 2.46. The number of nitrogens with one attached hydrogen (secondary N) is 1. The summed E-state index contributed by atoms with van der Waals surface area (Å²) in [7, 11) is 0. The van der Waals surface area contributed by atoms with Crippen LogP contribution in [0.25, 0.3) is 0 Å². The van der Waals surface area contributed by atoms with E-state index < -0.39 is 11.8 Å². The van der Waals surface area contributed by atoms with Gasteiger partial charge in [0.05, 0.1) is 11.6 Å². The Morgan fingerprint density at radius 3 is 2.71 bits per heavy atom. The molecule has 0 saturated carbocycles. The Bertz CT molecular complexity index is 660. The summed E-state index contributed by atoms with van der Waals surface area (Å²) in [6.45, 7) is 2.00. The first kappa shape index (κ1) is 15.3. The molecule has 1 atom stereocenters. The van der Waals surface area contributed by atoms with Crippen LogP contribution < -0.4 is 5.32 Å². The molecule has 0 saturated heterocycles. The quantitative estimate of drug-likeness (QED) is 0.838. The van der Waals surface area contributed by atoms with E-state index in [0.29, 0.717) is 10.7 Å². The highest BCUT2D eigenvalue weighted by molar-refractivity contribution is 6.30. The van der Waals surface area contributed by atoms with Gasteiger partial charge in [0, 0.05) is 10.7 Å². The van der Waals surface area contributed by atoms with E-state index in [-0.39, 0.29) is 11.6 Å². The van der Waals surface area contributed by atoms with Gasteiger partial charge in [0.1, 0.15) is 5.82 Å². The number of carboxylic acids is 1. The van der Waals surface area contributed by atoms with E-state index in [1.165, 1.54) is 12.1 Å². The molecule has 5 heteroatoms. The summed E-state index contributed by atoms with van der Waals surface area (Å²) < 4.78 is 13.4. The van der Waals surface area contributed by atoms with Gasteiger partial charge in [-0.05, 0) is 42.3 Å². The number of hydrogen-bond acceptors (Lipinski definition) is 2. The van der Waals surface area contributed by atoms with Crippen LogP contribution in [0.15, 0.2) is 42.5 Å². The molecule has 0 aliphatic carbocycles. The molecule has 0 aliphatic heterocycles. The van der Waals surface area contributed by atoms with Gasteiger partial charge < -0.3 is 10.4 Å². The Morgan fingerprint density at radius 1 is 1.33 bits per heavy atom. The van der Waals surface area contributed by atoms with Gasteiger partial charge in [0.15, 0.2) is 0 Å². The number of carboxylic acid groups (broad SMARTS) is 1. The van der Waals surface area contributed by atoms with Crippen molar-refractivity contribution in [3.05, 3.63) is 64.4 Å². The number of hydrogen-bond donors (Lipinski definition) is 2. The summed E-state index contributed by atoms with van der Waals surface area (Å²) in [6, 6.07) is 11.4. The van der Waals surface area contributed by atoms with Gasteiger partial charge in [0.25, 0.3) is 0 Å². The molecule has 110 valence electrons. The molecule has 2 rings (SSSR count). The number of carbonyl (C=O) groups is 1. The fourth-order valence-corrected chi connectivity index (χ4v) is 2.32.